The quantitative estimate of drug-likeness (QED) is 0.348. The summed E-state index contributed by atoms with van der Waals surface area (Å²) < 4.78 is 0. The second-order valence-corrected chi connectivity index (χ2v) is 6.48. The van der Waals surface area contributed by atoms with E-state index in [1.165, 1.54) is 21.7 Å². The first kappa shape index (κ1) is 16.9. The Labute approximate surface area is 159 Å². The van der Waals surface area contributed by atoms with Gasteiger partial charge in [-0.2, -0.15) is 0 Å². The highest BCUT2D eigenvalue weighted by Crippen LogP contribution is 2.22. The third kappa shape index (κ3) is 4.01. The van der Waals surface area contributed by atoms with Crippen LogP contribution in [0.4, 0.5) is 0 Å². The molecule has 0 bridgehead atoms. The molecule has 0 amide bonds. The Morgan fingerprint density at radius 1 is 0.593 bits per heavy atom. The lowest BCUT2D eigenvalue weighted by Gasteiger charge is -2.03. The molecule has 2 aromatic heterocycles. The summed E-state index contributed by atoms with van der Waals surface area (Å²) >= 11 is 0. The van der Waals surface area contributed by atoms with Gasteiger partial charge in [-0.3, -0.25) is 9.97 Å². The normalized spacial score (nSPS) is 10.4. The molecule has 5 aromatic rings. The van der Waals surface area contributed by atoms with Crippen LogP contribution in [0.2, 0.25) is 0 Å². The number of benzene rings is 3. The Balaban J connectivity index is 0.000000153. The van der Waals surface area contributed by atoms with Crippen LogP contribution < -0.4 is 0 Å². The molecule has 130 valence electrons. The average Bonchev–Trinajstić information content (AvgIpc) is 2.74. The van der Waals surface area contributed by atoms with Gasteiger partial charge in [-0.25, -0.2) is 0 Å². The summed E-state index contributed by atoms with van der Waals surface area (Å²) in [6.45, 7) is 2.10. The predicted molar refractivity (Wildman–Crippen MR) is 114 cm³/mol. The highest BCUT2D eigenvalue weighted by molar-refractivity contribution is 5.85. The minimum Gasteiger partial charge on any atom is -0.256 e. The molecule has 0 aliphatic heterocycles. The van der Waals surface area contributed by atoms with E-state index in [4.69, 9.17) is 0 Å². The van der Waals surface area contributed by atoms with E-state index < -0.39 is 0 Å². The van der Waals surface area contributed by atoms with E-state index >= 15 is 0 Å². The van der Waals surface area contributed by atoms with Gasteiger partial charge in [0.15, 0.2) is 0 Å². The van der Waals surface area contributed by atoms with Gasteiger partial charge in [0.05, 0.1) is 11.2 Å². The van der Waals surface area contributed by atoms with E-state index in [-0.39, 0.29) is 0 Å². The highest BCUT2D eigenvalue weighted by Gasteiger charge is 2.00. The van der Waals surface area contributed by atoms with E-state index in [1.807, 2.05) is 54.9 Å². The summed E-state index contributed by atoms with van der Waals surface area (Å²) in [5.41, 5.74) is 4.52. The van der Waals surface area contributed by atoms with E-state index in [9.17, 15) is 0 Å². The van der Waals surface area contributed by atoms with Crippen molar-refractivity contribution < 1.29 is 0 Å². The van der Waals surface area contributed by atoms with Crippen LogP contribution in [0.5, 0.6) is 0 Å². The zero-order valence-electron chi connectivity index (χ0n) is 15.2. The molecule has 0 aliphatic rings. The lowest BCUT2D eigenvalue weighted by atomic mass is 10.1. The maximum Gasteiger partial charge on any atom is 0.0708 e. The Bertz CT molecular complexity index is 1120. The number of hydrogen-bond donors (Lipinski definition) is 0. The van der Waals surface area contributed by atoms with Crippen LogP contribution in [0.1, 0.15) is 5.56 Å². The van der Waals surface area contributed by atoms with E-state index in [0.717, 1.165) is 16.8 Å². The minimum absolute atomic E-state index is 1.03. The third-order valence-electron chi connectivity index (χ3n) is 4.46. The summed E-state index contributed by atoms with van der Waals surface area (Å²) in [5, 5.41) is 3.64. The van der Waals surface area contributed by atoms with Gasteiger partial charge < -0.3 is 0 Å². The fourth-order valence-electron chi connectivity index (χ4n) is 3.04. The van der Waals surface area contributed by atoms with Gasteiger partial charge >= 0.3 is 0 Å². The summed E-state index contributed by atoms with van der Waals surface area (Å²) in [7, 11) is 0. The number of nitrogens with zero attached hydrogens (tertiary/aromatic N) is 2. The molecule has 0 saturated heterocycles. The summed E-state index contributed by atoms with van der Waals surface area (Å²) in [5.74, 6) is 0. The number of para-hydroxylation sites is 1. The first-order valence-electron chi connectivity index (χ1n) is 9.01. The maximum atomic E-state index is 4.52. The summed E-state index contributed by atoms with van der Waals surface area (Å²) in [4.78, 5) is 8.70. The molecule has 0 unspecified atom stereocenters. The Kier molecular flexibility index (Phi) is 4.88. The van der Waals surface area contributed by atoms with Gasteiger partial charge in [-0.1, -0.05) is 72.3 Å². The molecular weight excluding hydrogens is 328 g/mol. The lowest BCUT2D eigenvalue weighted by Crippen LogP contribution is -1.84. The molecule has 0 saturated carbocycles. The SMILES string of the molecule is Cc1ccc2cc(-c3ccccc3)ncc2c1.c1ccc2ncccc2c1. The largest absolute Gasteiger partial charge is 0.256 e. The summed E-state index contributed by atoms with van der Waals surface area (Å²) in [6.07, 6.45) is 3.76. The van der Waals surface area contributed by atoms with Gasteiger partial charge in [0.1, 0.15) is 0 Å². The van der Waals surface area contributed by atoms with Crippen LogP contribution in [0.25, 0.3) is 32.9 Å². The van der Waals surface area contributed by atoms with Gasteiger partial charge in [0.25, 0.3) is 0 Å². The third-order valence-corrected chi connectivity index (χ3v) is 4.46. The molecule has 0 N–H and O–H groups in total. The van der Waals surface area contributed by atoms with Gasteiger partial charge in [-0.05, 0) is 36.6 Å². The van der Waals surface area contributed by atoms with Gasteiger partial charge in [0, 0.05) is 28.7 Å². The molecule has 3 aromatic carbocycles. The number of aryl methyl sites for hydroxylation is 1. The molecule has 0 radical (unpaired) electrons. The molecular formula is C25H20N2. The van der Waals surface area contributed by atoms with Crippen LogP contribution in [0, 0.1) is 6.92 Å². The number of aromatic nitrogens is 2. The van der Waals surface area contributed by atoms with Crippen molar-refractivity contribution in [2.45, 2.75) is 6.92 Å². The van der Waals surface area contributed by atoms with Crippen molar-refractivity contribution >= 4 is 21.7 Å². The smallest absolute Gasteiger partial charge is 0.0708 e. The molecule has 27 heavy (non-hydrogen) atoms. The molecule has 0 spiro atoms. The topological polar surface area (TPSA) is 25.8 Å². The molecule has 2 heteroatoms. The fraction of sp³-hybridized carbons (Fsp3) is 0.0400. The first-order chi connectivity index (χ1) is 13.3. The van der Waals surface area contributed by atoms with E-state index in [0.29, 0.717) is 0 Å². The van der Waals surface area contributed by atoms with Crippen molar-refractivity contribution in [1.29, 1.82) is 0 Å². The van der Waals surface area contributed by atoms with Crippen molar-refractivity contribution in [3.8, 4) is 11.3 Å². The zero-order valence-corrected chi connectivity index (χ0v) is 15.2. The molecule has 5 rings (SSSR count). The molecule has 2 nitrogen and oxygen atoms in total. The van der Waals surface area contributed by atoms with Crippen LogP contribution in [0.3, 0.4) is 0 Å². The molecule has 0 aliphatic carbocycles. The van der Waals surface area contributed by atoms with E-state index in [2.05, 4.69) is 65.4 Å². The fourth-order valence-corrected chi connectivity index (χ4v) is 3.04. The molecule has 0 atom stereocenters. The average molecular weight is 348 g/mol. The van der Waals surface area contributed by atoms with Crippen molar-refractivity contribution in [3.63, 3.8) is 0 Å². The number of rotatable bonds is 1. The molecule has 0 fully saturated rings. The molecule has 2 heterocycles. The highest BCUT2D eigenvalue weighted by atomic mass is 14.7. The van der Waals surface area contributed by atoms with Gasteiger partial charge in [-0.15, -0.1) is 0 Å². The second kappa shape index (κ2) is 7.79. The van der Waals surface area contributed by atoms with Crippen LogP contribution in [-0.4, -0.2) is 9.97 Å². The Morgan fingerprint density at radius 2 is 1.37 bits per heavy atom. The second-order valence-electron chi connectivity index (χ2n) is 6.48. The summed E-state index contributed by atoms with van der Waals surface area (Å²) in [6, 6.07) is 30.9. The van der Waals surface area contributed by atoms with Crippen molar-refractivity contribution in [2.24, 2.45) is 0 Å². The minimum atomic E-state index is 1.03. The van der Waals surface area contributed by atoms with Crippen molar-refractivity contribution in [1.82, 2.24) is 9.97 Å². The van der Waals surface area contributed by atoms with Crippen LogP contribution >= 0.6 is 0 Å². The van der Waals surface area contributed by atoms with E-state index in [1.54, 1.807) is 0 Å². The van der Waals surface area contributed by atoms with Crippen LogP contribution in [-0.2, 0) is 0 Å². The Morgan fingerprint density at radius 3 is 2.22 bits per heavy atom. The van der Waals surface area contributed by atoms with Crippen LogP contribution in [0.15, 0.2) is 103 Å². The number of pyridine rings is 2. The number of fused-ring (bicyclic) bond motifs is 2. The first-order valence-corrected chi connectivity index (χ1v) is 9.01. The van der Waals surface area contributed by atoms with Crippen molar-refractivity contribution in [2.75, 3.05) is 0 Å². The zero-order chi connectivity index (χ0) is 18.5. The van der Waals surface area contributed by atoms with Gasteiger partial charge in [0.2, 0.25) is 0 Å². The monoisotopic (exact) mass is 348 g/mol. The lowest BCUT2D eigenvalue weighted by molar-refractivity contribution is 1.35. The van der Waals surface area contributed by atoms with Crippen molar-refractivity contribution in [3.05, 3.63) is 109 Å². The predicted octanol–water partition coefficient (Wildman–Crippen LogP) is 6.45. The maximum absolute atomic E-state index is 4.52. The standard InChI is InChI=1S/C16H13N.C9H7N/c1-12-7-8-14-10-16(17-11-15(14)9-12)13-5-3-2-4-6-13;1-2-6-9-8(4-1)5-3-7-10-9/h2-11H,1H3;1-7H. The number of hydrogen-bond acceptors (Lipinski definition) is 2. The Hall–Kier alpha value is -3.52.